The van der Waals surface area contributed by atoms with Crippen LogP contribution in [0.25, 0.3) is 0 Å². The maximum atomic E-state index is 11.5. The lowest BCUT2D eigenvalue weighted by atomic mass is 10.2. The van der Waals surface area contributed by atoms with Crippen molar-refractivity contribution in [1.82, 2.24) is 5.32 Å². The number of methoxy groups -OCH3 is 1. The van der Waals surface area contributed by atoms with Crippen LogP contribution < -0.4 is 10.6 Å². The van der Waals surface area contributed by atoms with E-state index in [4.69, 9.17) is 10.00 Å². The number of anilines is 1. The second-order valence-electron chi connectivity index (χ2n) is 3.76. The van der Waals surface area contributed by atoms with Crippen LogP contribution >= 0.6 is 0 Å². The number of carbonyl (C=O) groups excluding carboxylic acids is 1. The molecule has 18 heavy (non-hydrogen) atoms. The van der Waals surface area contributed by atoms with Crippen molar-refractivity contribution in [2.45, 2.75) is 6.42 Å². The molecule has 0 saturated carbocycles. The molecule has 0 aliphatic heterocycles. The summed E-state index contributed by atoms with van der Waals surface area (Å²) in [6, 6.07) is 8.78. The molecule has 0 fully saturated rings. The Morgan fingerprint density at radius 1 is 1.39 bits per heavy atom. The van der Waals surface area contributed by atoms with Gasteiger partial charge in [-0.3, -0.25) is 4.79 Å². The summed E-state index contributed by atoms with van der Waals surface area (Å²) >= 11 is 0. The van der Waals surface area contributed by atoms with Gasteiger partial charge in [-0.1, -0.05) is 0 Å². The van der Waals surface area contributed by atoms with Crippen LogP contribution in [0.15, 0.2) is 24.3 Å². The van der Waals surface area contributed by atoms with Crippen molar-refractivity contribution < 1.29 is 9.53 Å². The van der Waals surface area contributed by atoms with Gasteiger partial charge in [-0.2, -0.15) is 5.26 Å². The molecular weight excluding hydrogens is 230 g/mol. The highest BCUT2D eigenvalue weighted by Gasteiger charge is 2.01. The van der Waals surface area contributed by atoms with E-state index in [0.29, 0.717) is 17.9 Å². The molecule has 1 rings (SSSR count). The zero-order valence-electron chi connectivity index (χ0n) is 10.4. The number of rotatable bonds is 7. The molecular formula is C13H17N3O2. The Hall–Kier alpha value is -1.90. The first-order valence-corrected chi connectivity index (χ1v) is 5.76. The minimum absolute atomic E-state index is 0.0999. The summed E-state index contributed by atoms with van der Waals surface area (Å²) in [5.41, 5.74) is 1.27. The van der Waals surface area contributed by atoms with Crippen LogP contribution in [0.5, 0.6) is 0 Å². The Morgan fingerprint density at radius 2 is 2.11 bits per heavy atom. The first kappa shape index (κ1) is 14.2. The number of ether oxygens (including phenoxy) is 1. The van der Waals surface area contributed by atoms with E-state index in [-0.39, 0.29) is 12.5 Å². The van der Waals surface area contributed by atoms with E-state index < -0.39 is 0 Å². The molecule has 0 aromatic heterocycles. The normalized spacial score (nSPS) is 9.78. The number of amides is 1. The fourth-order valence-electron chi connectivity index (χ4n) is 1.38. The maximum absolute atomic E-state index is 11.5. The van der Waals surface area contributed by atoms with Gasteiger partial charge in [-0.25, -0.2) is 0 Å². The fraction of sp³-hybridized carbons (Fsp3) is 0.385. The van der Waals surface area contributed by atoms with Crippen molar-refractivity contribution in [2.75, 3.05) is 32.1 Å². The van der Waals surface area contributed by atoms with Crippen LogP contribution in [-0.2, 0) is 9.53 Å². The minimum atomic E-state index is -0.0999. The van der Waals surface area contributed by atoms with Gasteiger partial charge in [0.1, 0.15) is 0 Å². The molecule has 5 heteroatoms. The number of benzene rings is 1. The molecule has 0 aliphatic carbocycles. The number of carbonyl (C=O) groups is 1. The third-order valence-corrected chi connectivity index (χ3v) is 2.29. The van der Waals surface area contributed by atoms with E-state index in [9.17, 15) is 4.79 Å². The van der Waals surface area contributed by atoms with Gasteiger partial charge < -0.3 is 15.4 Å². The Kier molecular flexibility index (Phi) is 6.47. The third-order valence-electron chi connectivity index (χ3n) is 2.29. The van der Waals surface area contributed by atoms with E-state index in [1.54, 1.807) is 31.4 Å². The average Bonchev–Trinajstić information content (AvgIpc) is 2.39. The number of hydrogen-bond donors (Lipinski definition) is 2. The van der Waals surface area contributed by atoms with Crippen molar-refractivity contribution in [3.8, 4) is 6.07 Å². The minimum Gasteiger partial charge on any atom is -0.385 e. The number of nitriles is 1. The molecule has 0 atom stereocenters. The zero-order valence-corrected chi connectivity index (χ0v) is 10.4. The van der Waals surface area contributed by atoms with Gasteiger partial charge in [-0.05, 0) is 37.2 Å². The van der Waals surface area contributed by atoms with Gasteiger partial charge in [0, 0.05) is 19.4 Å². The second kappa shape index (κ2) is 8.23. The fourth-order valence-corrected chi connectivity index (χ4v) is 1.38. The van der Waals surface area contributed by atoms with E-state index >= 15 is 0 Å². The van der Waals surface area contributed by atoms with E-state index in [0.717, 1.165) is 13.0 Å². The van der Waals surface area contributed by atoms with Crippen LogP contribution in [0.4, 0.5) is 5.69 Å². The van der Waals surface area contributed by atoms with Crippen LogP contribution in [0.3, 0.4) is 0 Å². The molecule has 0 unspecified atom stereocenters. The topological polar surface area (TPSA) is 74.2 Å². The van der Waals surface area contributed by atoms with Crippen molar-refractivity contribution in [2.24, 2.45) is 0 Å². The summed E-state index contributed by atoms with van der Waals surface area (Å²) in [5, 5.41) is 14.4. The predicted octanol–water partition coefficient (Wildman–Crippen LogP) is 1.12. The SMILES string of the molecule is COCCCNCC(=O)Nc1ccc(C#N)cc1. The largest absolute Gasteiger partial charge is 0.385 e. The molecule has 5 nitrogen and oxygen atoms in total. The van der Waals surface area contributed by atoms with Crippen LogP contribution in [0.1, 0.15) is 12.0 Å². The van der Waals surface area contributed by atoms with Gasteiger partial charge in [0.15, 0.2) is 0 Å². The molecule has 1 aromatic carbocycles. The highest BCUT2D eigenvalue weighted by atomic mass is 16.5. The predicted molar refractivity (Wildman–Crippen MR) is 69.1 cm³/mol. The first-order chi connectivity index (χ1) is 8.76. The maximum Gasteiger partial charge on any atom is 0.238 e. The lowest BCUT2D eigenvalue weighted by Gasteiger charge is -2.06. The zero-order chi connectivity index (χ0) is 13.2. The molecule has 1 aromatic rings. The molecule has 0 aliphatic rings. The Bertz CT molecular complexity index is 409. The molecule has 1 amide bonds. The van der Waals surface area contributed by atoms with Gasteiger partial charge in [-0.15, -0.1) is 0 Å². The van der Waals surface area contributed by atoms with Crippen molar-refractivity contribution in [1.29, 1.82) is 5.26 Å². The third kappa shape index (κ3) is 5.43. The molecule has 0 saturated heterocycles. The summed E-state index contributed by atoms with van der Waals surface area (Å²) < 4.78 is 4.90. The van der Waals surface area contributed by atoms with E-state index in [2.05, 4.69) is 10.6 Å². The summed E-state index contributed by atoms with van der Waals surface area (Å²) in [5.74, 6) is -0.0999. The average molecular weight is 247 g/mol. The first-order valence-electron chi connectivity index (χ1n) is 5.76. The van der Waals surface area contributed by atoms with Gasteiger partial charge in [0.2, 0.25) is 5.91 Å². The van der Waals surface area contributed by atoms with Crippen LogP contribution in [0, 0.1) is 11.3 Å². The number of nitrogens with zero attached hydrogens (tertiary/aromatic N) is 1. The summed E-state index contributed by atoms with van der Waals surface area (Å²) in [6.45, 7) is 1.70. The summed E-state index contributed by atoms with van der Waals surface area (Å²) in [7, 11) is 1.65. The van der Waals surface area contributed by atoms with Crippen LogP contribution in [-0.4, -0.2) is 32.7 Å². The summed E-state index contributed by atoms with van der Waals surface area (Å²) in [4.78, 5) is 11.5. The van der Waals surface area contributed by atoms with Gasteiger partial charge >= 0.3 is 0 Å². The van der Waals surface area contributed by atoms with E-state index in [1.807, 2.05) is 6.07 Å². The Morgan fingerprint density at radius 3 is 2.72 bits per heavy atom. The van der Waals surface area contributed by atoms with Crippen molar-refractivity contribution in [3.63, 3.8) is 0 Å². The lowest BCUT2D eigenvalue weighted by Crippen LogP contribution is -2.29. The highest BCUT2D eigenvalue weighted by Crippen LogP contribution is 2.08. The highest BCUT2D eigenvalue weighted by molar-refractivity contribution is 5.92. The smallest absolute Gasteiger partial charge is 0.238 e. The van der Waals surface area contributed by atoms with Crippen molar-refractivity contribution in [3.05, 3.63) is 29.8 Å². The lowest BCUT2D eigenvalue weighted by molar-refractivity contribution is -0.115. The monoisotopic (exact) mass is 247 g/mol. The van der Waals surface area contributed by atoms with E-state index in [1.165, 1.54) is 0 Å². The summed E-state index contributed by atoms with van der Waals surface area (Å²) in [6.07, 6.45) is 0.876. The molecule has 96 valence electrons. The Balaban J connectivity index is 2.25. The molecule has 0 spiro atoms. The second-order valence-corrected chi connectivity index (χ2v) is 3.76. The number of nitrogens with one attached hydrogen (secondary N) is 2. The quantitative estimate of drug-likeness (QED) is 0.708. The number of hydrogen-bond acceptors (Lipinski definition) is 4. The standard InChI is InChI=1S/C13H17N3O2/c1-18-8-2-7-15-10-13(17)16-12-5-3-11(9-14)4-6-12/h3-6,15H,2,7-8,10H2,1H3,(H,16,17). The molecule has 2 N–H and O–H groups in total. The van der Waals surface area contributed by atoms with Gasteiger partial charge in [0.05, 0.1) is 18.2 Å². The molecule has 0 radical (unpaired) electrons. The Labute approximate surface area is 107 Å². The molecule has 0 bridgehead atoms. The molecule has 0 heterocycles. The van der Waals surface area contributed by atoms with Crippen molar-refractivity contribution >= 4 is 11.6 Å². The van der Waals surface area contributed by atoms with Crippen LogP contribution in [0.2, 0.25) is 0 Å². The van der Waals surface area contributed by atoms with Gasteiger partial charge in [0.25, 0.3) is 0 Å².